The van der Waals surface area contributed by atoms with Crippen LogP contribution >= 0.6 is 12.2 Å². The van der Waals surface area contributed by atoms with E-state index in [-0.39, 0.29) is 5.54 Å². The Balaban J connectivity index is 1.17. The van der Waals surface area contributed by atoms with Crippen molar-refractivity contribution in [1.82, 2.24) is 15.1 Å². The van der Waals surface area contributed by atoms with Crippen molar-refractivity contribution in [2.45, 2.75) is 76.8 Å². The number of rotatable bonds is 6. The predicted octanol–water partition coefficient (Wildman–Crippen LogP) is 5.81. The molecule has 2 N–H and O–H groups in total. The molecule has 4 aliphatic carbocycles. The van der Waals surface area contributed by atoms with Gasteiger partial charge in [-0.2, -0.15) is 5.10 Å². The maximum Gasteiger partial charge on any atom is 0.172 e. The molecule has 1 aromatic heterocycles. The first-order chi connectivity index (χ1) is 14.5. The van der Waals surface area contributed by atoms with Crippen LogP contribution in [-0.2, 0) is 12.1 Å². The second-order valence-electron chi connectivity index (χ2n) is 10.1. The van der Waals surface area contributed by atoms with Gasteiger partial charge in [-0.05, 0) is 92.0 Å². The molecule has 6 rings (SSSR count). The molecular formula is C25H34N4S. The van der Waals surface area contributed by atoms with E-state index in [1.807, 2.05) is 0 Å². The molecule has 0 radical (unpaired) electrons. The summed E-state index contributed by atoms with van der Waals surface area (Å²) in [5, 5.41) is 12.2. The molecule has 0 aliphatic heterocycles. The maximum absolute atomic E-state index is 5.53. The Labute approximate surface area is 185 Å². The smallest absolute Gasteiger partial charge is 0.172 e. The second kappa shape index (κ2) is 7.99. The van der Waals surface area contributed by atoms with Gasteiger partial charge in [0.2, 0.25) is 0 Å². The van der Waals surface area contributed by atoms with E-state index in [9.17, 15) is 0 Å². The van der Waals surface area contributed by atoms with E-state index in [2.05, 4.69) is 65.7 Å². The van der Waals surface area contributed by atoms with Crippen molar-refractivity contribution in [2.24, 2.45) is 17.8 Å². The van der Waals surface area contributed by atoms with Crippen molar-refractivity contribution in [3.8, 4) is 0 Å². The molecule has 2 aromatic rings. The third-order valence-electron chi connectivity index (χ3n) is 7.94. The fourth-order valence-corrected chi connectivity index (χ4v) is 6.72. The number of benzene rings is 1. The first-order valence-corrected chi connectivity index (χ1v) is 12.1. The van der Waals surface area contributed by atoms with Crippen molar-refractivity contribution in [3.05, 3.63) is 47.7 Å². The quantitative estimate of drug-likeness (QED) is 0.577. The standard InChI is InChI=1S/C25H34N4S/c1-3-17(2)22-6-4-18(5-7-22)16-26-24(30)27-23-8-9-29(28-23)25-13-19-10-20(14-25)12-21(11-19)15-25/h4-9,17,19-21H,3,10-16H2,1-2H3,(H2,26,27,28,30). The lowest BCUT2D eigenvalue weighted by atomic mass is 9.53. The minimum atomic E-state index is 0.265. The third-order valence-corrected chi connectivity index (χ3v) is 8.18. The highest BCUT2D eigenvalue weighted by molar-refractivity contribution is 7.80. The first-order valence-electron chi connectivity index (χ1n) is 11.7. The van der Waals surface area contributed by atoms with E-state index < -0.39 is 0 Å². The summed E-state index contributed by atoms with van der Waals surface area (Å²) in [7, 11) is 0. The summed E-state index contributed by atoms with van der Waals surface area (Å²) in [4.78, 5) is 0. The van der Waals surface area contributed by atoms with Crippen LogP contribution in [0.4, 0.5) is 5.82 Å². The molecular weight excluding hydrogens is 388 g/mol. The zero-order valence-electron chi connectivity index (χ0n) is 18.2. The molecule has 4 nitrogen and oxygen atoms in total. The molecule has 4 saturated carbocycles. The molecule has 0 saturated heterocycles. The highest BCUT2D eigenvalue weighted by atomic mass is 32.1. The fraction of sp³-hybridized carbons (Fsp3) is 0.600. The molecule has 4 bridgehead atoms. The Morgan fingerprint density at radius 1 is 1.10 bits per heavy atom. The highest BCUT2D eigenvalue weighted by Gasteiger charge is 2.52. The molecule has 4 aliphatic rings. The maximum atomic E-state index is 5.53. The van der Waals surface area contributed by atoms with Gasteiger partial charge in [-0.25, -0.2) is 0 Å². The van der Waals surface area contributed by atoms with Crippen LogP contribution in [0.25, 0.3) is 0 Å². The number of nitrogens with zero attached hydrogens (tertiary/aromatic N) is 2. The Morgan fingerprint density at radius 2 is 1.73 bits per heavy atom. The lowest BCUT2D eigenvalue weighted by Gasteiger charge is -2.56. The fourth-order valence-electron chi connectivity index (χ4n) is 6.54. The molecule has 1 atom stereocenters. The topological polar surface area (TPSA) is 41.9 Å². The summed E-state index contributed by atoms with van der Waals surface area (Å²) in [5.74, 6) is 4.23. The van der Waals surface area contributed by atoms with E-state index in [1.54, 1.807) is 0 Å². The summed E-state index contributed by atoms with van der Waals surface area (Å²) < 4.78 is 2.27. The Hall–Kier alpha value is -1.88. The Kier molecular flexibility index (Phi) is 5.34. The van der Waals surface area contributed by atoms with E-state index >= 15 is 0 Å². The van der Waals surface area contributed by atoms with Crippen LogP contribution in [-0.4, -0.2) is 14.9 Å². The summed E-state index contributed by atoms with van der Waals surface area (Å²) >= 11 is 5.53. The molecule has 1 heterocycles. The molecule has 0 spiro atoms. The van der Waals surface area contributed by atoms with Gasteiger partial charge in [-0.3, -0.25) is 4.68 Å². The Bertz CT molecular complexity index is 865. The number of hydrogen-bond acceptors (Lipinski definition) is 2. The molecule has 4 fully saturated rings. The molecule has 30 heavy (non-hydrogen) atoms. The van der Waals surface area contributed by atoms with Gasteiger partial charge in [0.05, 0.1) is 5.54 Å². The zero-order chi connectivity index (χ0) is 20.7. The van der Waals surface area contributed by atoms with Crippen molar-refractivity contribution in [1.29, 1.82) is 0 Å². The normalized spacial score (nSPS) is 30.3. The summed E-state index contributed by atoms with van der Waals surface area (Å²) in [6.45, 7) is 5.23. The van der Waals surface area contributed by atoms with Crippen molar-refractivity contribution in [3.63, 3.8) is 0 Å². The predicted molar refractivity (Wildman–Crippen MR) is 127 cm³/mol. The van der Waals surface area contributed by atoms with Crippen LogP contribution in [0.3, 0.4) is 0 Å². The lowest BCUT2D eigenvalue weighted by molar-refractivity contribution is -0.0492. The van der Waals surface area contributed by atoms with Crippen LogP contribution in [0, 0.1) is 17.8 Å². The van der Waals surface area contributed by atoms with Crippen LogP contribution in [0.1, 0.15) is 75.8 Å². The molecule has 5 heteroatoms. The largest absolute Gasteiger partial charge is 0.358 e. The van der Waals surface area contributed by atoms with Gasteiger partial charge < -0.3 is 10.6 Å². The molecule has 1 aromatic carbocycles. The van der Waals surface area contributed by atoms with E-state index in [0.29, 0.717) is 11.0 Å². The number of anilines is 1. The van der Waals surface area contributed by atoms with Gasteiger partial charge in [0.15, 0.2) is 10.9 Å². The molecule has 160 valence electrons. The average Bonchev–Trinajstić information content (AvgIpc) is 3.20. The monoisotopic (exact) mass is 422 g/mol. The number of hydrogen-bond donors (Lipinski definition) is 2. The lowest BCUT2D eigenvalue weighted by Crippen LogP contribution is -2.52. The van der Waals surface area contributed by atoms with Crippen molar-refractivity contribution >= 4 is 23.1 Å². The van der Waals surface area contributed by atoms with Gasteiger partial charge in [0, 0.05) is 18.8 Å². The van der Waals surface area contributed by atoms with Gasteiger partial charge in [-0.1, -0.05) is 38.1 Å². The van der Waals surface area contributed by atoms with E-state index in [4.69, 9.17) is 17.3 Å². The summed E-state index contributed by atoms with van der Waals surface area (Å²) in [5.41, 5.74) is 2.91. The molecule has 0 amide bonds. The second-order valence-corrected chi connectivity index (χ2v) is 10.6. The van der Waals surface area contributed by atoms with E-state index in [1.165, 1.54) is 56.1 Å². The van der Waals surface area contributed by atoms with Crippen molar-refractivity contribution in [2.75, 3.05) is 5.32 Å². The first kappa shape index (κ1) is 20.0. The van der Waals surface area contributed by atoms with Gasteiger partial charge in [0.25, 0.3) is 0 Å². The minimum Gasteiger partial charge on any atom is -0.358 e. The minimum absolute atomic E-state index is 0.265. The van der Waals surface area contributed by atoms with Crippen LogP contribution in [0.5, 0.6) is 0 Å². The molecule has 1 unspecified atom stereocenters. The van der Waals surface area contributed by atoms with Crippen LogP contribution in [0.15, 0.2) is 36.5 Å². The van der Waals surface area contributed by atoms with E-state index in [0.717, 1.165) is 30.1 Å². The summed E-state index contributed by atoms with van der Waals surface area (Å²) in [6, 6.07) is 10.9. The number of aromatic nitrogens is 2. The SMILES string of the molecule is CCC(C)c1ccc(CNC(=S)Nc2ccn(C34CC5CC(CC(C5)C3)C4)n2)cc1. The highest BCUT2D eigenvalue weighted by Crippen LogP contribution is 2.58. The average molecular weight is 423 g/mol. The van der Waals surface area contributed by atoms with Gasteiger partial charge >= 0.3 is 0 Å². The number of nitrogens with one attached hydrogen (secondary N) is 2. The van der Waals surface area contributed by atoms with Gasteiger partial charge in [0.1, 0.15) is 0 Å². The van der Waals surface area contributed by atoms with Crippen molar-refractivity contribution < 1.29 is 0 Å². The van der Waals surface area contributed by atoms with Crippen LogP contribution in [0.2, 0.25) is 0 Å². The number of thiocarbonyl (C=S) groups is 1. The third kappa shape index (κ3) is 3.89. The zero-order valence-corrected chi connectivity index (χ0v) is 19.0. The van der Waals surface area contributed by atoms with Gasteiger partial charge in [-0.15, -0.1) is 0 Å². The Morgan fingerprint density at radius 3 is 2.33 bits per heavy atom. The van der Waals surface area contributed by atoms with Crippen LogP contribution < -0.4 is 10.6 Å². The summed E-state index contributed by atoms with van der Waals surface area (Å²) in [6.07, 6.45) is 11.7.